The van der Waals surface area contributed by atoms with Crippen molar-refractivity contribution in [2.24, 2.45) is 58.0 Å². The summed E-state index contributed by atoms with van der Waals surface area (Å²) >= 11 is 0. The highest BCUT2D eigenvalue weighted by Crippen LogP contribution is 2.68. The molecule has 4 saturated carbocycles. The zero-order valence-corrected chi connectivity index (χ0v) is 28.7. The molecule has 8 nitrogen and oxygen atoms in total. The van der Waals surface area contributed by atoms with Gasteiger partial charge in [0, 0.05) is 6.04 Å². The Balaban J connectivity index is 1.32. The normalized spacial score (nSPS) is 39.2. The van der Waals surface area contributed by atoms with Gasteiger partial charge in [0.15, 0.2) is 0 Å². The van der Waals surface area contributed by atoms with Gasteiger partial charge in [0.2, 0.25) is 0 Å². The van der Waals surface area contributed by atoms with Crippen molar-refractivity contribution in [3.8, 4) is 0 Å². The Morgan fingerprint density at radius 1 is 0.907 bits per heavy atom. The fraction of sp³-hybridized carbons (Fsp3) is 1.00. The molecule has 0 radical (unpaired) electrons. The van der Waals surface area contributed by atoms with E-state index in [0.717, 1.165) is 58.3 Å². The Morgan fingerprint density at radius 3 is 2.30 bits per heavy atom. The summed E-state index contributed by atoms with van der Waals surface area (Å²) in [6.45, 7) is 15.3. The zero-order valence-electron chi connectivity index (χ0n) is 27.9. The second-order valence-electron chi connectivity index (χ2n) is 15.9. The van der Waals surface area contributed by atoms with E-state index < -0.39 is 16.5 Å². The van der Waals surface area contributed by atoms with Crippen molar-refractivity contribution >= 4 is 10.4 Å². The van der Waals surface area contributed by atoms with Gasteiger partial charge in [-0.25, -0.2) is 4.18 Å². The molecule has 4 aliphatic carbocycles. The van der Waals surface area contributed by atoms with E-state index >= 15 is 0 Å². The first kappa shape index (κ1) is 35.6. The maximum Gasteiger partial charge on any atom is 0.397 e. The molecule has 11 atom stereocenters. The fourth-order valence-corrected chi connectivity index (χ4v) is 11.3. The highest BCUT2D eigenvalue weighted by molar-refractivity contribution is 7.80. The van der Waals surface area contributed by atoms with Gasteiger partial charge in [-0.1, -0.05) is 34.6 Å². The second-order valence-corrected chi connectivity index (χ2v) is 17.0. The molecule has 0 aliphatic heterocycles. The molecule has 0 unspecified atom stereocenters. The first-order valence-corrected chi connectivity index (χ1v) is 19.1. The molecule has 0 bridgehead atoms. The summed E-state index contributed by atoms with van der Waals surface area (Å²) < 4.78 is 37.1. The van der Waals surface area contributed by atoms with Crippen LogP contribution in [0.2, 0.25) is 0 Å². The number of aliphatic hydroxyl groups is 1. The zero-order chi connectivity index (χ0) is 31.4. The Labute approximate surface area is 263 Å². The number of nitrogens with two attached hydrogens (primary N) is 1. The number of fused-ring (bicyclic) bond motifs is 5. The lowest BCUT2D eigenvalue weighted by atomic mass is 9.43. The Morgan fingerprint density at radius 2 is 1.60 bits per heavy atom. The smallest absolute Gasteiger partial charge is 0.393 e. The summed E-state index contributed by atoms with van der Waals surface area (Å²) in [4.78, 5) is 0. The summed E-state index contributed by atoms with van der Waals surface area (Å²) in [6.07, 6.45) is 13.7. The van der Waals surface area contributed by atoms with Gasteiger partial charge in [-0.15, -0.1) is 0 Å². The van der Waals surface area contributed by atoms with Crippen molar-refractivity contribution < 1.29 is 22.3 Å². The molecular formula is C34H65N3O5S. The number of nitrogens with one attached hydrogen (secondary N) is 2. The van der Waals surface area contributed by atoms with E-state index in [4.69, 9.17) is 9.92 Å². The number of rotatable bonds is 16. The minimum Gasteiger partial charge on any atom is -0.393 e. The largest absolute Gasteiger partial charge is 0.397 e. The van der Waals surface area contributed by atoms with E-state index in [0.29, 0.717) is 53.4 Å². The molecule has 0 saturated heterocycles. The number of hydrogen-bond acceptors (Lipinski definition) is 7. The lowest BCUT2D eigenvalue weighted by molar-refractivity contribution is -0.167. The van der Waals surface area contributed by atoms with Crippen LogP contribution in [-0.4, -0.2) is 62.5 Å². The number of hydrogen-bond donors (Lipinski definition) is 5. The quantitative estimate of drug-likeness (QED) is 0.111. The van der Waals surface area contributed by atoms with Crippen LogP contribution in [0.15, 0.2) is 0 Å². The van der Waals surface area contributed by atoms with Gasteiger partial charge in [-0.2, -0.15) is 8.42 Å². The molecule has 9 heteroatoms. The molecule has 0 aromatic heterocycles. The molecule has 0 aromatic rings. The first-order chi connectivity index (χ1) is 20.3. The van der Waals surface area contributed by atoms with Gasteiger partial charge in [-0.3, -0.25) is 4.55 Å². The summed E-state index contributed by atoms with van der Waals surface area (Å²) in [6, 6.07) is 0.573. The van der Waals surface area contributed by atoms with Crippen molar-refractivity contribution in [2.75, 3.05) is 26.2 Å². The average molecular weight is 628 g/mol. The second kappa shape index (κ2) is 15.1. The molecule has 6 N–H and O–H groups in total. The van der Waals surface area contributed by atoms with Gasteiger partial charge >= 0.3 is 10.4 Å². The third-order valence-electron chi connectivity index (χ3n) is 13.1. The molecule has 0 aromatic carbocycles. The number of unbranched alkanes of at least 4 members (excludes halogenated alkanes) is 1. The lowest BCUT2D eigenvalue weighted by Gasteiger charge is -2.62. The fourth-order valence-electron chi connectivity index (χ4n) is 10.7. The molecular weight excluding hydrogens is 562 g/mol. The van der Waals surface area contributed by atoms with Crippen LogP contribution in [0.1, 0.15) is 118 Å². The molecule has 0 amide bonds. The van der Waals surface area contributed by atoms with Crippen LogP contribution in [0.4, 0.5) is 0 Å². The topological polar surface area (TPSA) is 134 Å². The molecule has 252 valence electrons. The predicted molar refractivity (Wildman–Crippen MR) is 174 cm³/mol. The van der Waals surface area contributed by atoms with E-state index in [1.165, 1.54) is 44.9 Å². The summed E-state index contributed by atoms with van der Waals surface area (Å²) in [5, 5.41) is 19.2. The Bertz CT molecular complexity index is 981. The minimum atomic E-state index is -4.45. The highest BCUT2D eigenvalue weighted by atomic mass is 32.3. The monoisotopic (exact) mass is 627 g/mol. The van der Waals surface area contributed by atoms with Crippen LogP contribution in [0, 0.1) is 52.3 Å². The van der Waals surface area contributed by atoms with Gasteiger partial charge in [0.25, 0.3) is 0 Å². The van der Waals surface area contributed by atoms with E-state index in [1.54, 1.807) is 0 Å². The summed E-state index contributed by atoms with van der Waals surface area (Å²) in [7, 11) is -4.45. The molecule has 4 fully saturated rings. The van der Waals surface area contributed by atoms with Crippen LogP contribution in [0.25, 0.3) is 0 Å². The highest BCUT2D eigenvalue weighted by Gasteiger charge is 2.62. The molecule has 43 heavy (non-hydrogen) atoms. The van der Waals surface area contributed by atoms with E-state index in [2.05, 4.69) is 31.4 Å². The summed E-state index contributed by atoms with van der Waals surface area (Å²) in [5.41, 5.74) is 6.13. The standard InChI is InChI=1S/C34H65N3O5S/c1-23(2)31(42-43(39,40)41)12-9-24(3)27-10-11-28-32-29(14-16-34(27,28)5)33(4)15-13-26(21-25(33)22-30(32)38)37-20-8-19-36-18-7-6-17-35/h23-32,36-38H,6-22,35H2,1-5H3,(H,39,40,41)/t24-,25-,26+,27-,28+,29+,30-,31-,32-,33+,34-/m1/s1. The van der Waals surface area contributed by atoms with Crippen molar-refractivity contribution in [1.82, 2.24) is 10.6 Å². The molecule has 4 rings (SSSR count). The van der Waals surface area contributed by atoms with E-state index in [1.807, 2.05) is 13.8 Å². The number of aliphatic hydroxyl groups excluding tert-OH is 1. The third-order valence-corrected chi connectivity index (χ3v) is 13.6. The van der Waals surface area contributed by atoms with Crippen molar-refractivity contribution in [2.45, 2.75) is 136 Å². The molecule has 4 aliphatic rings. The van der Waals surface area contributed by atoms with Crippen LogP contribution >= 0.6 is 0 Å². The van der Waals surface area contributed by atoms with Gasteiger partial charge in [-0.05, 0) is 162 Å². The first-order valence-electron chi connectivity index (χ1n) is 17.8. The summed E-state index contributed by atoms with van der Waals surface area (Å²) in [5.74, 6) is 3.21. The van der Waals surface area contributed by atoms with E-state index in [9.17, 15) is 18.1 Å². The van der Waals surface area contributed by atoms with Crippen molar-refractivity contribution in [1.29, 1.82) is 0 Å². The Kier molecular flexibility index (Phi) is 12.5. The Hall–Kier alpha value is -0.290. The van der Waals surface area contributed by atoms with Gasteiger partial charge in [0.05, 0.1) is 12.2 Å². The van der Waals surface area contributed by atoms with Crippen LogP contribution < -0.4 is 16.4 Å². The van der Waals surface area contributed by atoms with E-state index in [-0.39, 0.29) is 17.4 Å². The lowest BCUT2D eigenvalue weighted by Crippen LogP contribution is -2.59. The average Bonchev–Trinajstić information content (AvgIpc) is 3.29. The van der Waals surface area contributed by atoms with Crippen LogP contribution in [0.5, 0.6) is 0 Å². The van der Waals surface area contributed by atoms with Crippen molar-refractivity contribution in [3.05, 3.63) is 0 Å². The van der Waals surface area contributed by atoms with Gasteiger partial charge in [0.1, 0.15) is 0 Å². The SMILES string of the molecule is CC(C)[C@@H](CC[C@@H](C)[C@H]1CC[C@H]2[C@H]3[C@H](O)C[C@H]4C[C@@H](NCCCNCCCCN)CC[C@]4(C)[C@H]3CC[C@]12C)OS(=O)(=O)O. The van der Waals surface area contributed by atoms with Crippen molar-refractivity contribution in [3.63, 3.8) is 0 Å². The maximum absolute atomic E-state index is 11.8. The van der Waals surface area contributed by atoms with Crippen LogP contribution in [0.3, 0.4) is 0 Å². The van der Waals surface area contributed by atoms with Crippen LogP contribution in [-0.2, 0) is 14.6 Å². The van der Waals surface area contributed by atoms with Gasteiger partial charge < -0.3 is 21.5 Å². The third kappa shape index (κ3) is 8.36. The predicted octanol–water partition coefficient (Wildman–Crippen LogP) is 5.55. The molecule has 0 heterocycles. The molecule has 0 spiro atoms. The minimum absolute atomic E-state index is 0.0152. The maximum atomic E-state index is 11.8.